The van der Waals surface area contributed by atoms with Crippen LogP contribution in [0.3, 0.4) is 0 Å². The Bertz CT molecular complexity index is 586. The molecule has 0 aliphatic carbocycles. The quantitative estimate of drug-likeness (QED) is 0.785. The van der Waals surface area contributed by atoms with Crippen molar-refractivity contribution in [1.82, 2.24) is 4.90 Å². The average Bonchev–Trinajstić information content (AvgIpc) is 2.78. The van der Waals surface area contributed by atoms with Crippen LogP contribution in [0.5, 0.6) is 11.5 Å². The predicted octanol–water partition coefficient (Wildman–Crippen LogP) is 3.29. The molecule has 124 valence electrons. The van der Waals surface area contributed by atoms with Crippen LogP contribution >= 0.6 is 0 Å². The number of Topliss-reactive ketones (excluding diaryl/α,β-unsaturated/α-hetero) is 1. The highest BCUT2D eigenvalue weighted by molar-refractivity contribution is 5.98. The molecule has 4 heteroatoms. The molecule has 2 saturated heterocycles. The molecule has 3 aliphatic heterocycles. The van der Waals surface area contributed by atoms with E-state index in [2.05, 4.69) is 11.9 Å². The van der Waals surface area contributed by atoms with Gasteiger partial charge in [-0.1, -0.05) is 6.42 Å². The van der Waals surface area contributed by atoms with Gasteiger partial charge in [0.25, 0.3) is 0 Å². The fourth-order valence-electron chi connectivity index (χ4n) is 4.38. The zero-order chi connectivity index (χ0) is 15.8. The number of rotatable bonds is 2. The maximum absolute atomic E-state index is 13.0. The molecular weight excluding hydrogens is 290 g/mol. The molecular formula is C19H25NO3. The lowest BCUT2D eigenvalue weighted by atomic mass is 9.76. The number of hydrogen-bond donors (Lipinski definition) is 0. The molecule has 3 heterocycles. The van der Waals surface area contributed by atoms with E-state index in [4.69, 9.17) is 9.47 Å². The molecule has 2 unspecified atom stereocenters. The molecule has 0 aromatic heterocycles. The van der Waals surface area contributed by atoms with Crippen molar-refractivity contribution in [1.29, 1.82) is 0 Å². The predicted molar refractivity (Wildman–Crippen MR) is 88.3 cm³/mol. The van der Waals surface area contributed by atoms with Crippen LogP contribution in [0.4, 0.5) is 0 Å². The van der Waals surface area contributed by atoms with Crippen molar-refractivity contribution in [2.24, 2.45) is 5.92 Å². The average molecular weight is 315 g/mol. The lowest BCUT2D eigenvalue weighted by molar-refractivity contribution is 0.0338. The Kier molecular flexibility index (Phi) is 4.02. The van der Waals surface area contributed by atoms with E-state index in [1.807, 2.05) is 18.2 Å². The summed E-state index contributed by atoms with van der Waals surface area (Å²) >= 11 is 0. The Labute approximate surface area is 137 Å². The van der Waals surface area contributed by atoms with Crippen molar-refractivity contribution in [3.8, 4) is 11.5 Å². The van der Waals surface area contributed by atoms with E-state index in [0.29, 0.717) is 25.3 Å². The first-order chi connectivity index (χ1) is 11.2. The van der Waals surface area contributed by atoms with Crippen LogP contribution in [-0.2, 0) is 0 Å². The Morgan fingerprint density at radius 3 is 2.48 bits per heavy atom. The Morgan fingerprint density at radius 1 is 1.04 bits per heavy atom. The van der Waals surface area contributed by atoms with Crippen molar-refractivity contribution in [3.63, 3.8) is 0 Å². The highest BCUT2D eigenvalue weighted by Gasteiger charge is 2.38. The van der Waals surface area contributed by atoms with Crippen molar-refractivity contribution >= 4 is 5.78 Å². The van der Waals surface area contributed by atoms with Gasteiger partial charge in [-0.3, -0.25) is 4.79 Å². The molecule has 0 N–H and O–H groups in total. The van der Waals surface area contributed by atoms with Crippen molar-refractivity contribution in [2.45, 2.75) is 50.6 Å². The third kappa shape index (κ3) is 2.85. The molecule has 0 spiro atoms. The van der Waals surface area contributed by atoms with Crippen LogP contribution in [0.15, 0.2) is 18.2 Å². The molecule has 3 aliphatic rings. The lowest BCUT2D eigenvalue weighted by Crippen LogP contribution is -2.51. The van der Waals surface area contributed by atoms with E-state index < -0.39 is 0 Å². The second-order valence-corrected chi connectivity index (χ2v) is 7.15. The maximum atomic E-state index is 13.0. The van der Waals surface area contributed by atoms with Gasteiger partial charge in [0.1, 0.15) is 0 Å². The van der Waals surface area contributed by atoms with Crippen molar-refractivity contribution in [3.05, 3.63) is 23.8 Å². The van der Waals surface area contributed by atoms with Crippen LogP contribution in [0.25, 0.3) is 0 Å². The van der Waals surface area contributed by atoms with Crippen LogP contribution in [0, 0.1) is 5.92 Å². The molecule has 0 saturated carbocycles. The zero-order valence-corrected chi connectivity index (χ0v) is 13.8. The Balaban J connectivity index is 1.54. The summed E-state index contributed by atoms with van der Waals surface area (Å²) in [6.45, 7) is 1.33. The smallest absolute Gasteiger partial charge is 0.166 e. The molecule has 2 bridgehead atoms. The summed E-state index contributed by atoms with van der Waals surface area (Å²) in [4.78, 5) is 15.5. The fourth-order valence-corrected chi connectivity index (χ4v) is 4.38. The van der Waals surface area contributed by atoms with Crippen LogP contribution < -0.4 is 9.47 Å². The van der Waals surface area contributed by atoms with E-state index in [9.17, 15) is 4.79 Å². The number of ether oxygens (including phenoxy) is 2. The molecule has 0 amide bonds. The number of fused-ring (bicyclic) bond motifs is 3. The zero-order valence-electron chi connectivity index (χ0n) is 13.8. The van der Waals surface area contributed by atoms with Gasteiger partial charge in [-0.2, -0.15) is 0 Å². The third-order valence-corrected chi connectivity index (χ3v) is 5.74. The summed E-state index contributed by atoms with van der Waals surface area (Å²) in [5.41, 5.74) is 0.780. The first kappa shape index (κ1) is 15.0. The highest BCUT2D eigenvalue weighted by atomic mass is 16.5. The number of piperidine rings is 2. The number of hydrogen-bond acceptors (Lipinski definition) is 4. The van der Waals surface area contributed by atoms with E-state index >= 15 is 0 Å². The minimum absolute atomic E-state index is 0.159. The number of nitrogens with zero attached hydrogens (tertiary/aromatic N) is 1. The molecule has 2 fully saturated rings. The molecule has 4 nitrogen and oxygen atoms in total. The Morgan fingerprint density at radius 2 is 1.74 bits per heavy atom. The molecule has 4 rings (SSSR count). The van der Waals surface area contributed by atoms with E-state index in [0.717, 1.165) is 36.3 Å². The summed E-state index contributed by atoms with van der Waals surface area (Å²) in [6, 6.07) is 6.85. The van der Waals surface area contributed by atoms with Crippen LogP contribution in [0.2, 0.25) is 0 Å². The summed E-state index contributed by atoms with van der Waals surface area (Å²) < 4.78 is 11.4. The van der Waals surface area contributed by atoms with Gasteiger partial charge in [0.05, 0.1) is 13.2 Å². The van der Waals surface area contributed by atoms with Crippen molar-refractivity contribution in [2.75, 3.05) is 20.3 Å². The van der Waals surface area contributed by atoms with Crippen LogP contribution in [0.1, 0.15) is 48.9 Å². The van der Waals surface area contributed by atoms with Gasteiger partial charge in [0.2, 0.25) is 0 Å². The van der Waals surface area contributed by atoms with Gasteiger partial charge in [0, 0.05) is 30.0 Å². The molecule has 23 heavy (non-hydrogen) atoms. The molecule has 2 atom stereocenters. The number of carbonyl (C=O) groups is 1. The van der Waals surface area contributed by atoms with Gasteiger partial charge in [-0.25, -0.2) is 0 Å². The summed E-state index contributed by atoms with van der Waals surface area (Å²) in [6.07, 6.45) is 6.66. The summed E-state index contributed by atoms with van der Waals surface area (Å²) in [5, 5.41) is 0. The standard InChI is InChI=1S/C19H25NO3/c1-20-15-4-2-5-16(20)11-14(10-15)19(21)13-6-7-17-18(12-13)23-9-3-8-22-17/h6-7,12,14-16H,2-5,8-11H2,1H3. The third-order valence-electron chi connectivity index (χ3n) is 5.74. The number of benzene rings is 1. The normalized spacial score (nSPS) is 30.6. The first-order valence-electron chi connectivity index (χ1n) is 8.88. The van der Waals surface area contributed by atoms with Crippen molar-refractivity contribution < 1.29 is 14.3 Å². The lowest BCUT2D eigenvalue weighted by Gasteiger charge is -2.46. The minimum atomic E-state index is 0.159. The number of carbonyl (C=O) groups excluding carboxylic acids is 1. The van der Waals surface area contributed by atoms with Gasteiger partial charge in [-0.15, -0.1) is 0 Å². The van der Waals surface area contributed by atoms with E-state index in [-0.39, 0.29) is 11.7 Å². The summed E-state index contributed by atoms with van der Waals surface area (Å²) in [7, 11) is 2.22. The molecule has 1 aromatic carbocycles. The van der Waals surface area contributed by atoms with E-state index in [1.54, 1.807) is 0 Å². The molecule has 1 aromatic rings. The maximum Gasteiger partial charge on any atom is 0.166 e. The van der Waals surface area contributed by atoms with E-state index in [1.165, 1.54) is 19.3 Å². The monoisotopic (exact) mass is 315 g/mol. The van der Waals surface area contributed by atoms with Crippen LogP contribution in [-0.4, -0.2) is 43.0 Å². The minimum Gasteiger partial charge on any atom is -0.490 e. The SMILES string of the molecule is CN1C2CCCC1CC(C(=O)c1ccc3c(c1)OCCCO3)C2. The fraction of sp³-hybridized carbons (Fsp3) is 0.632. The van der Waals surface area contributed by atoms with Gasteiger partial charge in [-0.05, 0) is 50.9 Å². The van der Waals surface area contributed by atoms with Gasteiger partial charge >= 0.3 is 0 Å². The topological polar surface area (TPSA) is 38.8 Å². The van der Waals surface area contributed by atoms with Gasteiger partial charge in [0.15, 0.2) is 17.3 Å². The highest BCUT2D eigenvalue weighted by Crippen LogP contribution is 2.38. The molecule has 0 radical (unpaired) electrons. The second kappa shape index (κ2) is 6.16. The first-order valence-corrected chi connectivity index (χ1v) is 8.88. The second-order valence-electron chi connectivity index (χ2n) is 7.15. The summed E-state index contributed by atoms with van der Waals surface area (Å²) in [5.74, 6) is 1.93. The van der Waals surface area contributed by atoms with Gasteiger partial charge < -0.3 is 14.4 Å². The number of ketones is 1. The largest absolute Gasteiger partial charge is 0.490 e. The Hall–Kier alpha value is -1.55.